The Bertz CT molecular complexity index is 922. The van der Waals surface area contributed by atoms with Gasteiger partial charge in [-0.3, -0.25) is 4.99 Å². The van der Waals surface area contributed by atoms with Crippen molar-refractivity contribution < 1.29 is 18.3 Å². The minimum atomic E-state index is -3.68. The van der Waals surface area contributed by atoms with Gasteiger partial charge in [-0.2, -0.15) is 4.31 Å². The van der Waals surface area contributed by atoms with E-state index in [9.17, 15) is 13.5 Å². The number of sulfonamides is 1. The van der Waals surface area contributed by atoms with Crippen LogP contribution in [0, 0.1) is 0 Å². The quantitative estimate of drug-likeness (QED) is 0.776. The van der Waals surface area contributed by atoms with Gasteiger partial charge in [0.05, 0.1) is 28.2 Å². The molecular weight excluding hydrogens is 399 g/mol. The topological polar surface area (TPSA) is 79.2 Å². The Morgan fingerprint density at radius 2 is 1.77 bits per heavy atom. The molecule has 26 heavy (non-hydrogen) atoms. The molecule has 0 atom stereocenters. The van der Waals surface area contributed by atoms with E-state index in [-0.39, 0.29) is 29.4 Å². The lowest BCUT2D eigenvalue weighted by Gasteiger charge is -2.26. The Hall–Kier alpha value is -1.64. The number of benzene rings is 2. The van der Waals surface area contributed by atoms with Gasteiger partial charge in [-0.1, -0.05) is 29.3 Å². The third-order valence-corrected chi connectivity index (χ3v) is 6.44. The van der Waals surface area contributed by atoms with Crippen LogP contribution in [0.25, 0.3) is 0 Å². The van der Waals surface area contributed by atoms with Gasteiger partial charge in [0.25, 0.3) is 0 Å². The Balaban J connectivity index is 1.94. The van der Waals surface area contributed by atoms with E-state index < -0.39 is 10.0 Å². The molecule has 138 valence electrons. The molecule has 1 N–H and O–H groups in total. The number of hydrogen-bond donors (Lipinski definition) is 1. The molecule has 1 saturated heterocycles. The standard InChI is InChI=1S/C17H16Cl2N2O4S/c18-14-2-1-3-15(19)13(14)11-20-16-10-12(4-5-17(16)22)26(23,24)21-6-8-25-9-7-21/h1-5,10-11,22H,6-9H2. The van der Waals surface area contributed by atoms with Gasteiger partial charge in [0.1, 0.15) is 11.4 Å². The van der Waals surface area contributed by atoms with Crippen molar-refractivity contribution in [2.45, 2.75) is 4.90 Å². The lowest BCUT2D eigenvalue weighted by Crippen LogP contribution is -2.40. The zero-order valence-corrected chi connectivity index (χ0v) is 15.9. The molecule has 2 aromatic rings. The number of phenols is 1. The third-order valence-electron chi connectivity index (χ3n) is 3.89. The van der Waals surface area contributed by atoms with Crippen LogP contribution >= 0.6 is 23.2 Å². The third kappa shape index (κ3) is 4.02. The predicted molar refractivity (Wildman–Crippen MR) is 101 cm³/mol. The Morgan fingerprint density at radius 1 is 1.12 bits per heavy atom. The number of hydrogen-bond acceptors (Lipinski definition) is 5. The molecule has 1 heterocycles. The Kier molecular flexibility index (Phi) is 5.84. The molecule has 0 unspecified atom stereocenters. The fourth-order valence-corrected chi connectivity index (χ4v) is 4.39. The Morgan fingerprint density at radius 3 is 2.42 bits per heavy atom. The minimum Gasteiger partial charge on any atom is -0.506 e. The molecule has 0 spiro atoms. The second-order valence-corrected chi connectivity index (χ2v) is 8.31. The number of rotatable bonds is 4. The molecule has 0 aliphatic carbocycles. The monoisotopic (exact) mass is 414 g/mol. The van der Waals surface area contributed by atoms with Crippen molar-refractivity contribution >= 4 is 45.1 Å². The maximum absolute atomic E-state index is 12.7. The number of phenolic OH excluding ortho intramolecular Hbond substituents is 1. The number of nitrogens with zero attached hydrogens (tertiary/aromatic N) is 2. The molecule has 0 radical (unpaired) electrons. The van der Waals surface area contributed by atoms with Crippen molar-refractivity contribution in [1.29, 1.82) is 0 Å². The van der Waals surface area contributed by atoms with Crippen LogP contribution < -0.4 is 0 Å². The van der Waals surface area contributed by atoms with Crippen molar-refractivity contribution in [3.8, 4) is 5.75 Å². The van der Waals surface area contributed by atoms with Gasteiger partial charge in [-0.15, -0.1) is 0 Å². The summed E-state index contributed by atoms with van der Waals surface area (Å²) in [6.45, 7) is 1.29. The van der Waals surface area contributed by atoms with E-state index in [1.165, 1.54) is 28.7 Å². The van der Waals surface area contributed by atoms with E-state index in [4.69, 9.17) is 27.9 Å². The molecule has 3 rings (SSSR count). The van der Waals surface area contributed by atoms with Crippen LogP contribution in [0.5, 0.6) is 5.75 Å². The first-order chi connectivity index (χ1) is 12.4. The highest BCUT2D eigenvalue weighted by Gasteiger charge is 2.26. The van der Waals surface area contributed by atoms with Gasteiger partial charge in [0.2, 0.25) is 10.0 Å². The fraction of sp³-hybridized carbons (Fsp3) is 0.235. The van der Waals surface area contributed by atoms with Gasteiger partial charge in [-0.25, -0.2) is 8.42 Å². The van der Waals surface area contributed by atoms with Gasteiger partial charge >= 0.3 is 0 Å². The molecular formula is C17H16Cl2N2O4S. The van der Waals surface area contributed by atoms with Crippen molar-refractivity contribution in [3.63, 3.8) is 0 Å². The summed E-state index contributed by atoms with van der Waals surface area (Å²) < 4.78 is 32.0. The van der Waals surface area contributed by atoms with Gasteiger partial charge in [0.15, 0.2) is 0 Å². The van der Waals surface area contributed by atoms with Crippen LogP contribution in [0.3, 0.4) is 0 Å². The molecule has 1 aliphatic heterocycles. The molecule has 1 aliphatic rings. The van der Waals surface area contributed by atoms with Crippen LogP contribution in [0.1, 0.15) is 5.56 Å². The average molecular weight is 415 g/mol. The van der Waals surface area contributed by atoms with Gasteiger partial charge < -0.3 is 9.84 Å². The van der Waals surface area contributed by atoms with Crippen LogP contribution in [-0.4, -0.2) is 50.3 Å². The summed E-state index contributed by atoms with van der Waals surface area (Å²) >= 11 is 12.2. The highest BCUT2D eigenvalue weighted by atomic mass is 35.5. The zero-order chi connectivity index (χ0) is 18.7. The van der Waals surface area contributed by atoms with Crippen molar-refractivity contribution in [2.24, 2.45) is 4.99 Å². The second-order valence-electron chi connectivity index (χ2n) is 5.56. The molecule has 2 aromatic carbocycles. The number of halogens is 2. The zero-order valence-electron chi connectivity index (χ0n) is 13.6. The fourth-order valence-electron chi connectivity index (χ4n) is 2.47. The maximum atomic E-state index is 12.7. The van der Waals surface area contributed by atoms with E-state index in [2.05, 4.69) is 4.99 Å². The lowest BCUT2D eigenvalue weighted by molar-refractivity contribution is 0.0730. The summed E-state index contributed by atoms with van der Waals surface area (Å²) in [7, 11) is -3.68. The largest absolute Gasteiger partial charge is 0.506 e. The first kappa shape index (κ1) is 19.1. The predicted octanol–water partition coefficient (Wildman–Crippen LogP) is 3.47. The highest BCUT2D eigenvalue weighted by molar-refractivity contribution is 7.89. The summed E-state index contributed by atoms with van der Waals surface area (Å²) in [6, 6.07) is 8.99. The van der Waals surface area contributed by atoms with E-state index in [0.29, 0.717) is 28.8 Å². The van der Waals surface area contributed by atoms with Gasteiger partial charge in [-0.05, 0) is 30.3 Å². The molecule has 1 fully saturated rings. The molecule has 6 nitrogen and oxygen atoms in total. The number of aromatic hydroxyl groups is 1. The first-order valence-corrected chi connectivity index (χ1v) is 9.98. The number of aliphatic imine (C=N–C) groups is 1. The minimum absolute atomic E-state index is 0.0506. The summed E-state index contributed by atoms with van der Waals surface area (Å²) in [5.74, 6) is -0.148. The molecule has 0 amide bonds. The van der Waals surface area contributed by atoms with Crippen LogP contribution in [-0.2, 0) is 14.8 Å². The molecule has 0 aromatic heterocycles. The summed E-state index contributed by atoms with van der Waals surface area (Å²) in [6.07, 6.45) is 1.39. The Labute approximate surface area is 161 Å². The van der Waals surface area contributed by atoms with Crippen molar-refractivity contribution in [1.82, 2.24) is 4.31 Å². The summed E-state index contributed by atoms with van der Waals surface area (Å²) in [5, 5.41) is 10.8. The number of ether oxygens (including phenoxy) is 1. The number of morpholine rings is 1. The van der Waals surface area contributed by atoms with E-state index >= 15 is 0 Å². The van der Waals surface area contributed by atoms with Crippen LogP contribution in [0.15, 0.2) is 46.3 Å². The van der Waals surface area contributed by atoms with Crippen LogP contribution in [0.4, 0.5) is 5.69 Å². The smallest absolute Gasteiger partial charge is 0.243 e. The average Bonchev–Trinajstić information content (AvgIpc) is 2.63. The normalized spacial score (nSPS) is 16.2. The van der Waals surface area contributed by atoms with Gasteiger partial charge in [0, 0.05) is 24.9 Å². The van der Waals surface area contributed by atoms with Crippen LogP contribution in [0.2, 0.25) is 10.0 Å². The van der Waals surface area contributed by atoms with E-state index in [1.807, 2.05) is 0 Å². The molecule has 9 heteroatoms. The molecule has 0 bridgehead atoms. The highest BCUT2D eigenvalue weighted by Crippen LogP contribution is 2.31. The molecule has 0 saturated carbocycles. The SMILES string of the molecule is O=S(=O)(c1ccc(O)c(N=Cc2c(Cl)cccc2Cl)c1)N1CCOCC1. The van der Waals surface area contributed by atoms with E-state index in [1.54, 1.807) is 18.2 Å². The second kappa shape index (κ2) is 7.94. The maximum Gasteiger partial charge on any atom is 0.243 e. The summed E-state index contributed by atoms with van der Waals surface area (Å²) in [4.78, 5) is 4.22. The first-order valence-electron chi connectivity index (χ1n) is 7.78. The summed E-state index contributed by atoms with van der Waals surface area (Å²) in [5.41, 5.74) is 0.590. The van der Waals surface area contributed by atoms with Crippen molar-refractivity contribution in [2.75, 3.05) is 26.3 Å². The van der Waals surface area contributed by atoms with E-state index in [0.717, 1.165) is 0 Å². The lowest BCUT2D eigenvalue weighted by atomic mass is 10.2. The van der Waals surface area contributed by atoms with Crippen molar-refractivity contribution in [3.05, 3.63) is 52.0 Å².